The minimum Gasteiger partial charge on any atom is -0.496 e. The molecule has 0 aliphatic heterocycles. The molecule has 3 aromatic rings. The van der Waals surface area contributed by atoms with Gasteiger partial charge in [0.05, 0.1) is 19.0 Å². The van der Waals surface area contributed by atoms with Gasteiger partial charge in [-0.15, -0.1) is 0 Å². The number of nitrogens with zero attached hydrogens (tertiary/aromatic N) is 1. The van der Waals surface area contributed by atoms with Crippen molar-refractivity contribution in [3.8, 4) is 11.5 Å². The molecule has 0 aliphatic carbocycles. The molecule has 4 nitrogen and oxygen atoms in total. The maximum absolute atomic E-state index is 6.03. The molecule has 3 aromatic carbocycles. The van der Waals surface area contributed by atoms with Crippen LogP contribution in [0, 0.1) is 13.8 Å². The maximum atomic E-state index is 6.03. The highest BCUT2D eigenvalue weighted by Gasteiger charge is 2.07. The molecule has 27 heavy (non-hydrogen) atoms. The minimum atomic E-state index is 0.432. The van der Waals surface area contributed by atoms with Crippen LogP contribution in [0.5, 0.6) is 11.5 Å². The topological polar surface area (TPSA) is 42.8 Å². The average Bonchev–Trinajstić information content (AvgIpc) is 2.70. The molecular weight excluding hydrogens is 336 g/mol. The largest absolute Gasteiger partial charge is 0.496 e. The summed E-state index contributed by atoms with van der Waals surface area (Å²) in [7, 11) is 1.67. The van der Waals surface area contributed by atoms with Crippen LogP contribution in [0.3, 0.4) is 0 Å². The highest BCUT2D eigenvalue weighted by Crippen LogP contribution is 2.25. The van der Waals surface area contributed by atoms with Crippen LogP contribution in [-0.2, 0) is 6.61 Å². The summed E-state index contributed by atoms with van der Waals surface area (Å²) in [5.41, 5.74) is 8.28. The smallest absolute Gasteiger partial charge is 0.125 e. The van der Waals surface area contributed by atoms with Crippen molar-refractivity contribution in [1.29, 1.82) is 0 Å². The normalized spacial score (nSPS) is 10.8. The molecule has 0 unspecified atom stereocenters. The van der Waals surface area contributed by atoms with E-state index in [0.717, 1.165) is 33.9 Å². The second-order valence-electron chi connectivity index (χ2n) is 6.29. The van der Waals surface area contributed by atoms with Crippen molar-refractivity contribution in [2.45, 2.75) is 20.5 Å². The zero-order valence-corrected chi connectivity index (χ0v) is 15.9. The lowest BCUT2D eigenvalue weighted by Gasteiger charge is -2.13. The van der Waals surface area contributed by atoms with Crippen LogP contribution in [0.25, 0.3) is 0 Å². The molecule has 0 heterocycles. The first-order valence-electron chi connectivity index (χ1n) is 8.87. The van der Waals surface area contributed by atoms with E-state index >= 15 is 0 Å². The predicted molar refractivity (Wildman–Crippen MR) is 111 cm³/mol. The number of rotatable bonds is 7. The lowest BCUT2D eigenvalue weighted by molar-refractivity contribution is 0.294. The van der Waals surface area contributed by atoms with Crippen molar-refractivity contribution in [1.82, 2.24) is 0 Å². The summed E-state index contributed by atoms with van der Waals surface area (Å²) in [5.74, 6) is 1.69. The number of benzene rings is 3. The first kappa shape index (κ1) is 18.5. The van der Waals surface area contributed by atoms with Gasteiger partial charge in [0.25, 0.3) is 0 Å². The van der Waals surface area contributed by atoms with E-state index in [1.165, 1.54) is 5.56 Å². The summed E-state index contributed by atoms with van der Waals surface area (Å²) < 4.78 is 11.5. The summed E-state index contributed by atoms with van der Waals surface area (Å²) in [5, 5.41) is 4.30. The van der Waals surface area contributed by atoms with Crippen LogP contribution < -0.4 is 14.9 Å². The SMILES string of the molecule is COc1ccc(C=NNc2ccccc2)cc1COc1cccc(C)c1C. The highest BCUT2D eigenvalue weighted by molar-refractivity contribution is 5.81. The predicted octanol–water partition coefficient (Wildman–Crippen LogP) is 5.34. The van der Waals surface area contributed by atoms with Crippen molar-refractivity contribution >= 4 is 11.9 Å². The van der Waals surface area contributed by atoms with E-state index in [0.29, 0.717) is 6.61 Å². The molecule has 0 spiro atoms. The van der Waals surface area contributed by atoms with Gasteiger partial charge in [-0.25, -0.2) is 0 Å². The lowest BCUT2D eigenvalue weighted by Crippen LogP contribution is -2.01. The Morgan fingerprint density at radius 1 is 0.926 bits per heavy atom. The number of ether oxygens (including phenoxy) is 2. The molecule has 0 atom stereocenters. The molecule has 0 saturated heterocycles. The van der Waals surface area contributed by atoms with E-state index < -0.39 is 0 Å². The van der Waals surface area contributed by atoms with E-state index in [1.807, 2.05) is 60.7 Å². The van der Waals surface area contributed by atoms with Gasteiger partial charge < -0.3 is 9.47 Å². The number of para-hydroxylation sites is 1. The number of aryl methyl sites for hydroxylation is 1. The number of hydrogen-bond donors (Lipinski definition) is 1. The van der Waals surface area contributed by atoms with Crippen LogP contribution in [-0.4, -0.2) is 13.3 Å². The van der Waals surface area contributed by atoms with Crippen molar-refractivity contribution in [3.63, 3.8) is 0 Å². The van der Waals surface area contributed by atoms with E-state index in [1.54, 1.807) is 13.3 Å². The van der Waals surface area contributed by atoms with Crippen LogP contribution in [0.2, 0.25) is 0 Å². The molecule has 4 heteroatoms. The molecule has 1 N–H and O–H groups in total. The molecular formula is C23H24N2O2. The van der Waals surface area contributed by atoms with Gasteiger partial charge in [-0.2, -0.15) is 5.10 Å². The maximum Gasteiger partial charge on any atom is 0.125 e. The van der Waals surface area contributed by atoms with E-state index in [4.69, 9.17) is 9.47 Å². The molecule has 0 aliphatic rings. The fraction of sp³-hybridized carbons (Fsp3) is 0.174. The van der Waals surface area contributed by atoms with Gasteiger partial charge in [0.1, 0.15) is 18.1 Å². The molecule has 0 bridgehead atoms. The summed E-state index contributed by atoms with van der Waals surface area (Å²) in [6, 6.07) is 21.9. The van der Waals surface area contributed by atoms with Gasteiger partial charge in [-0.3, -0.25) is 5.43 Å². The Balaban J connectivity index is 1.72. The van der Waals surface area contributed by atoms with Crippen molar-refractivity contribution < 1.29 is 9.47 Å². The molecule has 3 rings (SSSR count). The fourth-order valence-electron chi connectivity index (χ4n) is 2.72. The number of nitrogens with one attached hydrogen (secondary N) is 1. The lowest BCUT2D eigenvalue weighted by atomic mass is 10.1. The van der Waals surface area contributed by atoms with E-state index in [-0.39, 0.29) is 0 Å². The van der Waals surface area contributed by atoms with E-state index in [9.17, 15) is 0 Å². The standard InChI is InChI=1S/C23H24N2O2/c1-17-8-7-11-22(18(17)2)27-16-20-14-19(12-13-23(20)26-3)15-24-25-21-9-5-4-6-10-21/h4-15,25H,16H2,1-3H3. The van der Waals surface area contributed by atoms with Crippen molar-refractivity contribution in [2.24, 2.45) is 5.10 Å². The monoisotopic (exact) mass is 360 g/mol. The van der Waals surface area contributed by atoms with Gasteiger partial charge >= 0.3 is 0 Å². The summed E-state index contributed by atoms with van der Waals surface area (Å²) in [6.07, 6.45) is 1.79. The molecule has 0 radical (unpaired) electrons. The quantitative estimate of drug-likeness (QED) is 0.457. The number of methoxy groups -OCH3 is 1. The Morgan fingerprint density at radius 2 is 1.74 bits per heavy atom. The fourth-order valence-corrected chi connectivity index (χ4v) is 2.72. The first-order chi connectivity index (χ1) is 13.2. The van der Waals surface area contributed by atoms with Crippen LogP contribution in [0.15, 0.2) is 71.8 Å². The third kappa shape index (κ3) is 4.88. The van der Waals surface area contributed by atoms with E-state index in [2.05, 4.69) is 30.4 Å². The molecule has 0 fully saturated rings. The van der Waals surface area contributed by atoms with Crippen molar-refractivity contribution in [2.75, 3.05) is 12.5 Å². The summed E-state index contributed by atoms with van der Waals surface area (Å²) in [4.78, 5) is 0. The first-order valence-corrected chi connectivity index (χ1v) is 8.87. The van der Waals surface area contributed by atoms with Crippen molar-refractivity contribution in [3.05, 3.63) is 89.0 Å². The molecule has 0 amide bonds. The third-order valence-corrected chi connectivity index (χ3v) is 4.42. The van der Waals surface area contributed by atoms with Gasteiger partial charge in [0.15, 0.2) is 0 Å². The number of hydrogen-bond acceptors (Lipinski definition) is 4. The van der Waals surface area contributed by atoms with Gasteiger partial charge in [0, 0.05) is 5.56 Å². The second kappa shape index (κ2) is 8.90. The summed E-state index contributed by atoms with van der Waals surface area (Å²) >= 11 is 0. The van der Waals surface area contributed by atoms with Gasteiger partial charge in [-0.05, 0) is 66.9 Å². The minimum absolute atomic E-state index is 0.432. The Bertz CT molecular complexity index is 921. The number of hydrazone groups is 1. The van der Waals surface area contributed by atoms with Crippen LogP contribution >= 0.6 is 0 Å². The number of anilines is 1. The Hall–Kier alpha value is -3.27. The van der Waals surface area contributed by atoms with Crippen LogP contribution in [0.1, 0.15) is 22.3 Å². The Morgan fingerprint density at radius 3 is 2.52 bits per heavy atom. The second-order valence-corrected chi connectivity index (χ2v) is 6.29. The molecule has 0 saturated carbocycles. The van der Waals surface area contributed by atoms with Gasteiger partial charge in [-0.1, -0.05) is 30.3 Å². The molecule has 138 valence electrons. The summed E-state index contributed by atoms with van der Waals surface area (Å²) in [6.45, 7) is 4.58. The van der Waals surface area contributed by atoms with Gasteiger partial charge in [0.2, 0.25) is 0 Å². The van der Waals surface area contributed by atoms with Crippen LogP contribution in [0.4, 0.5) is 5.69 Å². The Labute approximate surface area is 160 Å². The third-order valence-electron chi connectivity index (χ3n) is 4.42. The molecule has 0 aromatic heterocycles. The zero-order chi connectivity index (χ0) is 19.1. The highest BCUT2D eigenvalue weighted by atomic mass is 16.5. The average molecular weight is 360 g/mol. The zero-order valence-electron chi connectivity index (χ0n) is 15.9. The Kier molecular flexibility index (Phi) is 6.10.